The second-order valence-electron chi connectivity index (χ2n) is 15.3. The van der Waals surface area contributed by atoms with Gasteiger partial charge < -0.3 is 9.80 Å². The second-order valence-corrected chi connectivity index (χ2v) is 18.9. The van der Waals surface area contributed by atoms with Crippen molar-refractivity contribution in [2.24, 2.45) is 0 Å². The number of aryl methyl sites for hydroxylation is 4. The highest BCUT2D eigenvalue weighted by Crippen LogP contribution is 2.73. The molecule has 0 bridgehead atoms. The van der Waals surface area contributed by atoms with Crippen molar-refractivity contribution >= 4 is 43.2 Å². The van der Waals surface area contributed by atoms with Crippen molar-refractivity contribution in [1.29, 1.82) is 0 Å². The van der Waals surface area contributed by atoms with Crippen LogP contribution in [-0.2, 0) is 9.07 Å². The molecule has 0 saturated heterocycles. The van der Waals surface area contributed by atoms with Crippen LogP contribution >= 0.6 is 0 Å². The van der Waals surface area contributed by atoms with Gasteiger partial charge in [-0.2, -0.15) is 0 Å². The molecule has 0 amide bonds. The van der Waals surface area contributed by atoms with Gasteiger partial charge in [0.05, 0.1) is 11.4 Å². The number of anilines is 6. The molecule has 2 aliphatic heterocycles. The van der Waals surface area contributed by atoms with Crippen molar-refractivity contribution in [2.45, 2.75) is 47.3 Å². The Morgan fingerprint density at radius 3 is 0.929 bits per heavy atom. The van der Waals surface area contributed by atoms with E-state index in [-0.39, 0.29) is 0 Å². The lowest BCUT2D eigenvalue weighted by molar-refractivity contribution is 0.658. The Bertz CT molecular complexity index is 2600. The molecule has 10 rings (SSSR count). The SMILES string of the molecule is Cc1ccc(N(c2ccc(C)cc2)c2cccc3c2-c2c(N(c4ccc(C)cc4)c4ccc(C)cc4)cccc2S32(=O)c3ccccc3-c3ccccc32)cc1. The minimum absolute atomic E-state index is 0.844. The Morgan fingerprint density at radius 1 is 0.321 bits per heavy atom. The molecule has 0 radical (unpaired) electrons. The molecule has 0 saturated carbocycles. The van der Waals surface area contributed by atoms with Gasteiger partial charge in [0, 0.05) is 62.5 Å². The van der Waals surface area contributed by atoms with E-state index in [0.29, 0.717) is 0 Å². The maximum atomic E-state index is 17.9. The Kier molecular flexibility index (Phi) is 7.61. The van der Waals surface area contributed by atoms with Gasteiger partial charge in [-0.1, -0.05) is 119 Å². The van der Waals surface area contributed by atoms with E-state index < -0.39 is 9.07 Å². The molecule has 4 heteroatoms. The van der Waals surface area contributed by atoms with Crippen LogP contribution in [0.5, 0.6) is 0 Å². The number of benzene rings is 8. The van der Waals surface area contributed by atoms with Gasteiger partial charge in [0.1, 0.15) is 0 Å². The lowest BCUT2D eigenvalue weighted by Gasteiger charge is -2.39. The molecule has 0 unspecified atom stereocenters. The monoisotopic (exact) mass is 742 g/mol. The average Bonchev–Trinajstić information content (AvgIpc) is 3.62. The first-order chi connectivity index (χ1) is 27.3. The van der Waals surface area contributed by atoms with Gasteiger partial charge in [0.2, 0.25) is 0 Å². The van der Waals surface area contributed by atoms with Crippen molar-refractivity contribution in [3.8, 4) is 22.3 Å². The summed E-state index contributed by atoms with van der Waals surface area (Å²) in [7, 11) is -4.21. The Hall–Kier alpha value is -6.49. The Balaban J connectivity index is 1.39. The maximum absolute atomic E-state index is 17.9. The predicted molar refractivity (Wildman–Crippen MR) is 233 cm³/mol. The summed E-state index contributed by atoms with van der Waals surface area (Å²) in [4.78, 5) is 8.12. The number of fused-ring (bicyclic) bond motifs is 10. The van der Waals surface area contributed by atoms with Gasteiger partial charge in [-0.3, -0.25) is 4.21 Å². The van der Waals surface area contributed by atoms with Crippen LogP contribution in [0.15, 0.2) is 202 Å². The van der Waals surface area contributed by atoms with Crippen LogP contribution in [0.2, 0.25) is 0 Å². The highest BCUT2D eigenvalue weighted by Gasteiger charge is 2.58. The summed E-state index contributed by atoms with van der Waals surface area (Å²) in [5.41, 5.74) is 14.9. The van der Waals surface area contributed by atoms with Gasteiger partial charge >= 0.3 is 0 Å². The highest BCUT2D eigenvalue weighted by atomic mass is 32.3. The van der Waals surface area contributed by atoms with Crippen LogP contribution in [0.3, 0.4) is 0 Å². The number of nitrogens with zero attached hydrogens (tertiary/aromatic N) is 2. The van der Waals surface area contributed by atoms with Crippen LogP contribution in [0.25, 0.3) is 22.3 Å². The fourth-order valence-electron chi connectivity index (χ4n) is 8.96. The lowest BCUT2D eigenvalue weighted by atomic mass is 9.98. The van der Waals surface area contributed by atoms with Gasteiger partial charge in [-0.05, 0) is 124 Å². The zero-order valence-corrected chi connectivity index (χ0v) is 32.8. The molecule has 8 aromatic carbocycles. The standard InChI is InChI=1S/C52H42N2OS/c1-35-19-27-39(28-20-35)53(40-29-21-36(2)22-30-40)45-13-9-17-49-51(45)52-46(54(41-31-23-37(3)24-32-41)42-33-25-38(4)26-34-42)14-10-18-50(52)56(49,55)47-15-7-5-11-43(47)44-12-6-8-16-48(44)56/h5-34H,1-4H3. The zero-order chi connectivity index (χ0) is 38.2. The van der Waals surface area contributed by atoms with E-state index in [4.69, 9.17) is 0 Å². The summed E-state index contributed by atoms with van der Waals surface area (Å²) in [6.07, 6.45) is 0. The molecule has 2 aliphatic rings. The maximum Gasteiger partial charge on any atom is 0.0553 e. The van der Waals surface area contributed by atoms with Crippen LogP contribution < -0.4 is 9.80 Å². The molecule has 0 atom stereocenters. The van der Waals surface area contributed by atoms with Crippen LogP contribution in [-0.4, -0.2) is 4.21 Å². The number of hydrogen-bond acceptors (Lipinski definition) is 3. The topological polar surface area (TPSA) is 23.6 Å². The number of rotatable bonds is 6. The third-order valence-electron chi connectivity index (χ3n) is 11.7. The van der Waals surface area contributed by atoms with E-state index in [1.807, 2.05) is 12.1 Å². The molecule has 0 aliphatic carbocycles. The van der Waals surface area contributed by atoms with Crippen molar-refractivity contribution in [1.82, 2.24) is 0 Å². The summed E-state index contributed by atoms with van der Waals surface area (Å²) >= 11 is 0. The van der Waals surface area contributed by atoms with E-state index >= 15 is 4.21 Å². The zero-order valence-electron chi connectivity index (χ0n) is 32.0. The third kappa shape index (κ3) is 4.72. The minimum atomic E-state index is -4.21. The molecule has 0 N–H and O–H groups in total. The van der Waals surface area contributed by atoms with E-state index in [9.17, 15) is 0 Å². The fourth-order valence-corrected chi connectivity index (χ4v) is 14.1. The van der Waals surface area contributed by atoms with E-state index in [2.05, 4.69) is 207 Å². The quantitative estimate of drug-likeness (QED) is 0.169. The minimum Gasteiger partial charge on any atom is -0.310 e. The van der Waals surface area contributed by atoms with Gasteiger partial charge in [-0.25, -0.2) is 0 Å². The van der Waals surface area contributed by atoms with Crippen LogP contribution in [0, 0.1) is 27.7 Å². The molecule has 3 nitrogen and oxygen atoms in total. The summed E-state index contributed by atoms with van der Waals surface area (Å²) in [5, 5.41) is 0. The third-order valence-corrected chi connectivity index (χ3v) is 16.4. The first-order valence-corrected chi connectivity index (χ1v) is 21.2. The molecular weight excluding hydrogens is 701 g/mol. The van der Waals surface area contributed by atoms with Gasteiger partial charge in [0.15, 0.2) is 0 Å². The summed E-state index contributed by atoms with van der Waals surface area (Å²) in [6, 6.07) is 64.5. The first-order valence-electron chi connectivity index (χ1n) is 19.3. The Morgan fingerprint density at radius 2 is 0.607 bits per heavy atom. The van der Waals surface area contributed by atoms with Crippen molar-refractivity contribution in [3.05, 3.63) is 204 Å². The molecule has 272 valence electrons. The molecular formula is C52H42N2OS. The fraction of sp³-hybridized carbons (Fsp3) is 0.0769. The van der Waals surface area contributed by atoms with Crippen molar-refractivity contribution in [2.75, 3.05) is 9.80 Å². The van der Waals surface area contributed by atoms with Crippen LogP contribution in [0.4, 0.5) is 34.1 Å². The molecule has 8 aromatic rings. The number of hydrogen-bond donors (Lipinski definition) is 0. The van der Waals surface area contributed by atoms with Gasteiger partial charge in [0.25, 0.3) is 0 Å². The molecule has 2 heterocycles. The smallest absolute Gasteiger partial charge is 0.0553 e. The highest BCUT2D eigenvalue weighted by molar-refractivity contribution is 8.21. The summed E-state index contributed by atoms with van der Waals surface area (Å²) in [6.45, 7) is 8.49. The lowest BCUT2D eigenvalue weighted by Crippen LogP contribution is -2.30. The van der Waals surface area contributed by atoms with E-state index in [1.54, 1.807) is 0 Å². The second kappa shape index (κ2) is 12.5. The van der Waals surface area contributed by atoms with Crippen molar-refractivity contribution in [3.63, 3.8) is 0 Å². The van der Waals surface area contributed by atoms with Crippen molar-refractivity contribution < 1.29 is 4.21 Å². The van der Waals surface area contributed by atoms with Crippen LogP contribution in [0.1, 0.15) is 22.3 Å². The summed E-state index contributed by atoms with van der Waals surface area (Å²) in [5.74, 6) is 0. The molecule has 0 aromatic heterocycles. The van der Waals surface area contributed by atoms with E-state index in [1.165, 1.54) is 22.3 Å². The molecule has 0 fully saturated rings. The largest absolute Gasteiger partial charge is 0.310 e. The van der Waals surface area contributed by atoms with E-state index in [0.717, 1.165) is 76.0 Å². The average molecular weight is 743 g/mol. The first kappa shape index (κ1) is 34.0. The Labute approximate surface area is 329 Å². The summed E-state index contributed by atoms with van der Waals surface area (Å²) < 4.78 is 17.9. The molecule has 1 spiro atoms. The predicted octanol–water partition coefficient (Wildman–Crippen LogP) is 14.2. The molecule has 56 heavy (non-hydrogen) atoms. The van der Waals surface area contributed by atoms with Gasteiger partial charge in [-0.15, -0.1) is 0 Å². The normalized spacial score (nSPS) is 14.5.